The van der Waals surface area contributed by atoms with Crippen molar-refractivity contribution in [2.24, 2.45) is 7.05 Å². The molecule has 2 N–H and O–H groups in total. The highest BCUT2D eigenvalue weighted by Gasteiger charge is 2.23. The van der Waals surface area contributed by atoms with E-state index in [0.29, 0.717) is 18.3 Å². The predicted molar refractivity (Wildman–Crippen MR) is 77.9 cm³/mol. The quantitative estimate of drug-likeness (QED) is 0.840. The summed E-state index contributed by atoms with van der Waals surface area (Å²) >= 11 is 0. The number of nitrogens with zero attached hydrogens (tertiary/aromatic N) is 2. The van der Waals surface area contributed by atoms with E-state index in [1.54, 1.807) is 6.07 Å². The standard InChI is InChI=1S/C15H20N4O2/c1-19-14-5-3-4-12(11(14)9-17-19)16-8-10-6-7-13(18-10)15(20)21-2/h6-7,9,12,16,18H,3-5,8H2,1-2H3. The largest absolute Gasteiger partial charge is 0.464 e. The van der Waals surface area contributed by atoms with Crippen LogP contribution in [0.3, 0.4) is 0 Å². The van der Waals surface area contributed by atoms with Gasteiger partial charge in [0, 0.05) is 36.6 Å². The van der Waals surface area contributed by atoms with Gasteiger partial charge in [0.2, 0.25) is 0 Å². The minimum absolute atomic E-state index is 0.326. The Kier molecular flexibility index (Phi) is 3.79. The van der Waals surface area contributed by atoms with E-state index >= 15 is 0 Å². The fourth-order valence-electron chi connectivity index (χ4n) is 2.92. The van der Waals surface area contributed by atoms with E-state index in [-0.39, 0.29) is 5.97 Å². The molecule has 1 atom stereocenters. The number of fused-ring (bicyclic) bond motifs is 1. The Morgan fingerprint density at radius 3 is 3.24 bits per heavy atom. The van der Waals surface area contributed by atoms with E-state index in [0.717, 1.165) is 18.5 Å². The normalized spacial score (nSPS) is 17.5. The van der Waals surface area contributed by atoms with Gasteiger partial charge in [-0.2, -0.15) is 5.10 Å². The zero-order valence-electron chi connectivity index (χ0n) is 12.3. The number of rotatable bonds is 4. The number of carbonyl (C=O) groups is 1. The molecule has 3 rings (SSSR count). The number of carbonyl (C=O) groups excluding carboxylic acids is 1. The molecule has 2 aromatic rings. The Morgan fingerprint density at radius 1 is 1.57 bits per heavy atom. The van der Waals surface area contributed by atoms with Crippen LogP contribution in [0.15, 0.2) is 18.3 Å². The molecule has 0 amide bonds. The van der Waals surface area contributed by atoms with Crippen LogP contribution in [0.25, 0.3) is 0 Å². The molecule has 21 heavy (non-hydrogen) atoms. The zero-order chi connectivity index (χ0) is 14.8. The van der Waals surface area contributed by atoms with Gasteiger partial charge in [0.1, 0.15) is 5.69 Å². The van der Waals surface area contributed by atoms with Gasteiger partial charge in [-0.05, 0) is 31.4 Å². The molecule has 0 fully saturated rings. The third kappa shape index (κ3) is 2.71. The van der Waals surface area contributed by atoms with Crippen molar-refractivity contribution >= 4 is 5.97 Å². The van der Waals surface area contributed by atoms with Gasteiger partial charge in [0.05, 0.1) is 13.3 Å². The van der Waals surface area contributed by atoms with Crippen LogP contribution < -0.4 is 5.32 Å². The molecular formula is C15H20N4O2. The second-order valence-electron chi connectivity index (χ2n) is 5.38. The fraction of sp³-hybridized carbons (Fsp3) is 0.467. The SMILES string of the molecule is COC(=O)c1ccc(CNC2CCCc3c2cnn3C)[nH]1. The van der Waals surface area contributed by atoms with Crippen LogP contribution in [0.5, 0.6) is 0 Å². The number of aromatic amines is 1. The summed E-state index contributed by atoms with van der Waals surface area (Å²) in [5, 5.41) is 7.89. The number of aromatic nitrogens is 3. The monoisotopic (exact) mass is 288 g/mol. The smallest absolute Gasteiger partial charge is 0.354 e. The number of hydrogen-bond acceptors (Lipinski definition) is 4. The molecule has 1 aliphatic carbocycles. The summed E-state index contributed by atoms with van der Waals surface area (Å²) in [5.74, 6) is -0.339. The van der Waals surface area contributed by atoms with Gasteiger partial charge in [0.15, 0.2) is 0 Å². The molecule has 2 aromatic heterocycles. The summed E-state index contributed by atoms with van der Waals surface area (Å²) in [4.78, 5) is 14.5. The number of aryl methyl sites for hydroxylation is 1. The van der Waals surface area contributed by atoms with Crippen LogP contribution in [0, 0.1) is 0 Å². The summed E-state index contributed by atoms with van der Waals surface area (Å²) in [7, 11) is 3.38. The lowest BCUT2D eigenvalue weighted by atomic mass is 9.93. The van der Waals surface area contributed by atoms with Crippen molar-refractivity contribution in [3.05, 3.63) is 41.0 Å². The molecule has 0 saturated heterocycles. The Labute approximate surface area is 123 Å². The van der Waals surface area contributed by atoms with Crippen molar-refractivity contribution in [3.8, 4) is 0 Å². The predicted octanol–water partition coefficient (Wildman–Crippen LogP) is 1.70. The first-order chi connectivity index (χ1) is 10.2. The number of esters is 1. The van der Waals surface area contributed by atoms with Gasteiger partial charge in [-0.1, -0.05) is 0 Å². The van der Waals surface area contributed by atoms with Gasteiger partial charge >= 0.3 is 5.97 Å². The maximum atomic E-state index is 11.4. The van der Waals surface area contributed by atoms with Gasteiger partial charge in [0.25, 0.3) is 0 Å². The molecule has 0 aromatic carbocycles. The van der Waals surface area contributed by atoms with Gasteiger partial charge in [-0.3, -0.25) is 4.68 Å². The van der Waals surface area contributed by atoms with E-state index < -0.39 is 0 Å². The van der Waals surface area contributed by atoms with Crippen LogP contribution in [0.4, 0.5) is 0 Å². The van der Waals surface area contributed by atoms with Crippen molar-refractivity contribution in [2.45, 2.75) is 31.8 Å². The van der Waals surface area contributed by atoms with E-state index in [9.17, 15) is 4.79 Å². The highest BCUT2D eigenvalue weighted by molar-refractivity contribution is 5.87. The van der Waals surface area contributed by atoms with Crippen molar-refractivity contribution in [1.82, 2.24) is 20.1 Å². The molecule has 112 valence electrons. The lowest BCUT2D eigenvalue weighted by Gasteiger charge is -2.23. The molecule has 0 spiro atoms. The van der Waals surface area contributed by atoms with Crippen LogP contribution in [-0.4, -0.2) is 27.8 Å². The van der Waals surface area contributed by atoms with Gasteiger partial charge < -0.3 is 15.0 Å². The zero-order valence-corrected chi connectivity index (χ0v) is 12.3. The summed E-state index contributed by atoms with van der Waals surface area (Å²) < 4.78 is 6.66. The van der Waals surface area contributed by atoms with Crippen LogP contribution in [-0.2, 0) is 24.8 Å². The molecule has 1 unspecified atom stereocenters. The van der Waals surface area contributed by atoms with E-state index in [1.807, 2.05) is 24.0 Å². The van der Waals surface area contributed by atoms with Crippen molar-refractivity contribution in [1.29, 1.82) is 0 Å². The first kappa shape index (κ1) is 13.9. The summed E-state index contributed by atoms with van der Waals surface area (Å²) in [6.07, 6.45) is 5.34. The second-order valence-corrected chi connectivity index (χ2v) is 5.38. The second kappa shape index (κ2) is 5.73. The third-order valence-corrected chi connectivity index (χ3v) is 4.07. The lowest BCUT2D eigenvalue weighted by Crippen LogP contribution is -2.25. The van der Waals surface area contributed by atoms with E-state index in [1.165, 1.54) is 24.8 Å². The van der Waals surface area contributed by atoms with Crippen LogP contribution in [0.1, 0.15) is 46.3 Å². The molecule has 0 aliphatic heterocycles. The molecule has 1 aliphatic rings. The van der Waals surface area contributed by atoms with E-state index in [2.05, 4.69) is 15.4 Å². The molecule has 0 radical (unpaired) electrons. The third-order valence-electron chi connectivity index (χ3n) is 4.07. The van der Waals surface area contributed by atoms with Crippen molar-refractivity contribution < 1.29 is 9.53 Å². The molecule has 0 saturated carbocycles. The number of nitrogens with one attached hydrogen (secondary N) is 2. The summed E-state index contributed by atoms with van der Waals surface area (Å²) in [6.45, 7) is 0.690. The molecule has 0 bridgehead atoms. The Hall–Kier alpha value is -2.08. The number of H-pyrrole nitrogens is 1. The Bertz CT molecular complexity index is 644. The van der Waals surface area contributed by atoms with Gasteiger partial charge in [-0.25, -0.2) is 4.79 Å². The Morgan fingerprint density at radius 2 is 2.43 bits per heavy atom. The number of ether oxygens (including phenoxy) is 1. The van der Waals surface area contributed by atoms with Gasteiger partial charge in [-0.15, -0.1) is 0 Å². The summed E-state index contributed by atoms with van der Waals surface area (Å²) in [6, 6.07) is 3.98. The molecule has 2 heterocycles. The molecule has 6 heteroatoms. The van der Waals surface area contributed by atoms with Crippen molar-refractivity contribution in [2.75, 3.05) is 7.11 Å². The average Bonchev–Trinajstić information content (AvgIpc) is 3.12. The molecular weight excluding hydrogens is 268 g/mol. The molecule has 6 nitrogen and oxygen atoms in total. The first-order valence-electron chi connectivity index (χ1n) is 7.19. The topological polar surface area (TPSA) is 71.9 Å². The highest BCUT2D eigenvalue weighted by Crippen LogP contribution is 2.29. The minimum atomic E-state index is -0.339. The van der Waals surface area contributed by atoms with Crippen LogP contribution >= 0.6 is 0 Å². The van der Waals surface area contributed by atoms with E-state index in [4.69, 9.17) is 4.74 Å². The minimum Gasteiger partial charge on any atom is -0.464 e. The van der Waals surface area contributed by atoms with Crippen LogP contribution in [0.2, 0.25) is 0 Å². The first-order valence-corrected chi connectivity index (χ1v) is 7.19. The Balaban J connectivity index is 1.66. The fourth-order valence-corrected chi connectivity index (χ4v) is 2.92. The maximum Gasteiger partial charge on any atom is 0.354 e. The number of hydrogen-bond donors (Lipinski definition) is 2. The lowest BCUT2D eigenvalue weighted by molar-refractivity contribution is 0.0594. The van der Waals surface area contributed by atoms with Crippen molar-refractivity contribution in [3.63, 3.8) is 0 Å². The average molecular weight is 288 g/mol. The number of methoxy groups -OCH3 is 1. The summed E-state index contributed by atoms with van der Waals surface area (Å²) in [5.41, 5.74) is 4.08. The highest BCUT2D eigenvalue weighted by atomic mass is 16.5. The maximum absolute atomic E-state index is 11.4.